The first kappa shape index (κ1) is 11.3. The topological polar surface area (TPSA) is 42.1 Å². The highest BCUT2D eigenvalue weighted by Gasteiger charge is 2.17. The zero-order chi connectivity index (χ0) is 11.7. The molecule has 0 saturated carbocycles. The minimum absolute atomic E-state index is 0.265. The molecule has 0 aliphatic carbocycles. The summed E-state index contributed by atoms with van der Waals surface area (Å²) in [5.41, 5.74) is 1.03. The van der Waals surface area contributed by atoms with E-state index in [1.54, 1.807) is 25.1 Å². The van der Waals surface area contributed by atoms with Gasteiger partial charge in [0.1, 0.15) is 5.69 Å². The molecule has 0 aliphatic rings. The molecule has 0 aliphatic heterocycles. The van der Waals surface area contributed by atoms with E-state index in [2.05, 4.69) is 4.98 Å². The molecular weight excluding hydrogens is 249 g/mol. The third-order valence-electron chi connectivity index (χ3n) is 2.18. The van der Waals surface area contributed by atoms with Crippen LogP contribution in [0.1, 0.15) is 17.4 Å². The second-order valence-corrected chi connectivity index (χ2v) is 4.04. The van der Waals surface area contributed by atoms with Crippen LogP contribution in [-0.2, 0) is 4.74 Å². The quantitative estimate of drug-likeness (QED) is 0.835. The number of rotatable bonds is 2. The zero-order valence-corrected chi connectivity index (χ0v) is 10.0. The van der Waals surface area contributed by atoms with E-state index in [-0.39, 0.29) is 5.69 Å². The van der Waals surface area contributed by atoms with Gasteiger partial charge in [0.15, 0.2) is 0 Å². The minimum Gasteiger partial charge on any atom is -0.461 e. The van der Waals surface area contributed by atoms with Crippen LogP contribution >= 0.6 is 23.2 Å². The third-order valence-corrected chi connectivity index (χ3v) is 2.80. The summed E-state index contributed by atoms with van der Waals surface area (Å²) in [6.45, 7) is 2.05. The number of esters is 1. The van der Waals surface area contributed by atoms with Gasteiger partial charge in [-0.05, 0) is 25.1 Å². The Morgan fingerprint density at radius 1 is 1.44 bits per heavy atom. The van der Waals surface area contributed by atoms with Crippen LogP contribution in [0.15, 0.2) is 18.2 Å². The van der Waals surface area contributed by atoms with Crippen molar-refractivity contribution in [3.05, 3.63) is 33.9 Å². The number of carbonyl (C=O) groups excluding carboxylic acids is 1. The molecule has 0 spiro atoms. The SMILES string of the molecule is CCOC(=O)c1[nH]c2ccc(Cl)cc2c1Cl. The number of carbonyl (C=O) groups is 1. The van der Waals surface area contributed by atoms with Crippen LogP contribution in [0.5, 0.6) is 0 Å². The Hall–Kier alpha value is -1.19. The molecule has 1 aromatic heterocycles. The predicted octanol–water partition coefficient (Wildman–Crippen LogP) is 3.65. The van der Waals surface area contributed by atoms with Gasteiger partial charge in [0.25, 0.3) is 0 Å². The van der Waals surface area contributed by atoms with E-state index in [1.165, 1.54) is 0 Å². The van der Waals surface area contributed by atoms with Crippen LogP contribution < -0.4 is 0 Å². The molecule has 2 rings (SSSR count). The fourth-order valence-corrected chi connectivity index (χ4v) is 1.93. The first-order valence-electron chi connectivity index (χ1n) is 4.77. The Balaban J connectivity index is 2.56. The largest absolute Gasteiger partial charge is 0.461 e. The molecule has 1 aromatic carbocycles. The summed E-state index contributed by atoms with van der Waals surface area (Å²) in [7, 11) is 0. The van der Waals surface area contributed by atoms with E-state index in [1.807, 2.05) is 0 Å². The molecule has 5 heteroatoms. The van der Waals surface area contributed by atoms with Gasteiger partial charge in [-0.15, -0.1) is 0 Å². The van der Waals surface area contributed by atoms with Crippen LogP contribution in [0.3, 0.4) is 0 Å². The molecule has 0 saturated heterocycles. The first-order valence-corrected chi connectivity index (χ1v) is 5.53. The molecule has 0 fully saturated rings. The van der Waals surface area contributed by atoms with Crippen LogP contribution in [0.25, 0.3) is 10.9 Å². The summed E-state index contributed by atoms with van der Waals surface area (Å²) >= 11 is 11.9. The fraction of sp³-hybridized carbons (Fsp3) is 0.182. The van der Waals surface area contributed by atoms with Crippen molar-refractivity contribution in [2.75, 3.05) is 6.61 Å². The predicted molar refractivity (Wildman–Crippen MR) is 64.3 cm³/mol. The molecule has 0 unspecified atom stereocenters. The second kappa shape index (κ2) is 4.36. The van der Waals surface area contributed by atoms with Crippen molar-refractivity contribution in [2.45, 2.75) is 6.92 Å². The Bertz CT molecular complexity index is 548. The standard InChI is InChI=1S/C11H9Cl2NO2/c1-2-16-11(15)10-9(13)7-5-6(12)3-4-8(7)14-10/h3-5,14H,2H2,1H3. The first-order chi connectivity index (χ1) is 7.63. The van der Waals surface area contributed by atoms with Gasteiger partial charge >= 0.3 is 5.97 Å². The van der Waals surface area contributed by atoms with Crippen molar-refractivity contribution in [2.24, 2.45) is 0 Å². The van der Waals surface area contributed by atoms with Crippen LogP contribution in [-0.4, -0.2) is 17.6 Å². The van der Waals surface area contributed by atoms with E-state index in [9.17, 15) is 4.79 Å². The number of ether oxygens (including phenoxy) is 1. The number of aromatic amines is 1. The van der Waals surface area contributed by atoms with Gasteiger partial charge in [0.2, 0.25) is 0 Å². The van der Waals surface area contributed by atoms with E-state index in [4.69, 9.17) is 27.9 Å². The Morgan fingerprint density at radius 2 is 2.19 bits per heavy atom. The van der Waals surface area contributed by atoms with Crippen molar-refractivity contribution in [3.8, 4) is 0 Å². The van der Waals surface area contributed by atoms with Crippen molar-refractivity contribution < 1.29 is 9.53 Å². The van der Waals surface area contributed by atoms with Crippen LogP contribution in [0.4, 0.5) is 0 Å². The number of fused-ring (bicyclic) bond motifs is 1. The summed E-state index contributed by atoms with van der Waals surface area (Å²) in [4.78, 5) is 14.5. The van der Waals surface area contributed by atoms with Crippen molar-refractivity contribution in [1.82, 2.24) is 4.98 Å². The van der Waals surface area contributed by atoms with E-state index in [0.717, 1.165) is 10.9 Å². The molecule has 0 amide bonds. The normalized spacial score (nSPS) is 10.7. The number of hydrogen-bond acceptors (Lipinski definition) is 2. The molecule has 16 heavy (non-hydrogen) atoms. The average molecular weight is 258 g/mol. The number of aromatic nitrogens is 1. The lowest BCUT2D eigenvalue weighted by Gasteiger charge is -1.98. The van der Waals surface area contributed by atoms with Gasteiger partial charge in [0.05, 0.1) is 11.6 Å². The summed E-state index contributed by atoms with van der Waals surface area (Å²) in [5, 5.41) is 1.64. The van der Waals surface area contributed by atoms with Crippen molar-refractivity contribution in [1.29, 1.82) is 0 Å². The highest BCUT2D eigenvalue weighted by molar-refractivity contribution is 6.39. The molecule has 0 bridgehead atoms. The number of nitrogens with one attached hydrogen (secondary N) is 1. The molecule has 3 nitrogen and oxygen atoms in total. The Labute approximate surface area is 102 Å². The fourth-order valence-electron chi connectivity index (χ4n) is 1.48. The molecular formula is C11H9Cl2NO2. The molecule has 0 atom stereocenters. The summed E-state index contributed by atoms with van der Waals surface area (Å²) in [6.07, 6.45) is 0. The van der Waals surface area contributed by atoms with Gasteiger partial charge in [0, 0.05) is 15.9 Å². The monoisotopic (exact) mass is 257 g/mol. The molecule has 84 valence electrons. The van der Waals surface area contributed by atoms with Crippen LogP contribution in [0.2, 0.25) is 10.0 Å². The summed E-state index contributed by atoms with van der Waals surface area (Å²) < 4.78 is 4.88. The maximum Gasteiger partial charge on any atom is 0.356 e. The maximum absolute atomic E-state index is 11.5. The molecule has 0 radical (unpaired) electrons. The van der Waals surface area contributed by atoms with Gasteiger partial charge < -0.3 is 9.72 Å². The van der Waals surface area contributed by atoms with Gasteiger partial charge in [-0.1, -0.05) is 23.2 Å². The number of benzene rings is 1. The average Bonchev–Trinajstić information content (AvgIpc) is 2.57. The lowest BCUT2D eigenvalue weighted by molar-refractivity contribution is 0.0521. The van der Waals surface area contributed by atoms with Crippen molar-refractivity contribution in [3.63, 3.8) is 0 Å². The molecule has 1 heterocycles. The summed E-state index contributed by atoms with van der Waals surface area (Å²) in [6, 6.07) is 5.20. The Kier molecular flexibility index (Phi) is 3.08. The lowest BCUT2D eigenvalue weighted by atomic mass is 10.2. The zero-order valence-electron chi connectivity index (χ0n) is 8.51. The molecule has 2 aromatic rings. The number of H-pyrrole nitrogens is 1. The van der Waals surface area contributed by atoms with Gasteiger partial charge in [-0.2, -0.15) is 0 Å². The van der Waals surface area contributed by atoms with Crippen molar-refractivity contribution >= 4 is 40.1 Å². The van der Waals surface area contributed by atoms with E-state index >= 15 is 0 Å². The smallest absolute Gasteiger partial charge is 0.356 e. The van der Waals surface area contributed by atoms with Crippen LogP contribution in [0, 0.1) is 0 Å². The lowest BCUT2D eigenvalue weighted by Crippen LogP contribution is -2.05. The van der Waals surface area contributed by atoms with Gasteiger partial charge in [-0.25, -0.2) is 4.79 Å². The third kappa shape index (κ3) is 1.88. The highest BCUT2D eigenvalue weighted by Crippen LogP contribution is 2.29. The minimum atomic E-state index is -0.458. The summed E-state index contributed by atoms with van der Waals surface area (Å²) in [5.74, 6) is -0.458. The number of hydrogen-bond donors (Lipinski definition) is 1. The highest BCUT2D eigenvalue weighted by atomic mass is 35.5. The maximum atomic E-state index is 11.5. The second-order valence-electron chi connectivity index (χ2n) is 3.22. The molecule has 1 N–H and O–H groups in total. The van der Waals surface area contributed by atoms with E-state index in [0.29, 0.717) is 16.7 Å². The number of halogens is 2. The van der Waals surface area contributed by atoms with Gasteiger partial charge in [-0.3, -0.25) is 0 Å². The van der Waals surface area contributed by atoms with E-state index < -0.39 is 5.97 Å². The Morgan fingerprint density at radius 3 is 2.88 bits per heavy atom.